The molecule has 0 aromatic rings. The van der Waals surface area contributed by atoms with Gasteiger partial charge in [-0.1, -0.05) is 27.2 Å². The molecule has 0 fully saturated rings. The van der Waals surface area contributed by atoms with Gasteiger partial charge in [0.2, 0.25) is 0 Å². The largest absolute Gasteiger partial charge is 0.465 e. The first-order chi connectivity index (χ1) is 9.10. The van der Waals surface area contributed by atoms with Gasteiger partial charge in [0.05, 0.1) is 6.61 Å². The number of carbonyl (C=O) groups excluding carboxylic acids is 1. The highest BCUT2D eigenvalue weighted by Gasteiger charge is 2.34. The van der Waals surface area contributed by atoms with Crippen LogP contribution in [-0.2, 0) is 9.53 Å². The van der Waals surface area contributed by atoms with Crippen LogP contribution < -0.4 is 5.32 Å². The van der Waals surface area contributed by atoms with E-state index in [0.717, 1.165) is 25.0 Å². The Morgan fingerprint density at radius 1 is 1.20 bits per heavy atom. The van der Waals surface area contributed by atoms with Gasteiger partial charge in [0.25, 0.3) is 0 Å². The summed E-state index contributed by atoms with van der Waals surface area (Å²) in [5.74, 6) is 1.02. The Hall–Kier alpha value is -0.220. The van der Waals surface area contributed by atoms with Crippen molar-refractivity contribution in [3.8, 4) is 0 Å². The third-order valence-electron chi connectivity index (χ3n) is 2.94. The molecule has 0 aliphatic rings. The average molecular weight is 304 g/mol. The van der Waals surface area contributed by atoms with Crippen LogP contribution in [0.2, 0.25) is 0 Å². The summed E-state index contributed by atoms with van der Waals surface area (Å²) in [6.45, 7) is 15.1. The van der Waals surface area contributed by atoms with Gasteiger partial charge in [0.1, 0.15) is 5.54 Å². The molecule has 0 saturated carbocycles. The lowest BCUT2D eigenvalue weighted by atomic mass is 9.94. The second kappa shape index (κ2) is 8.93. The maximum Gasteiger partial charge on any atom is 0.326 e. The number of carbonyl (C=O) groups is 1. The summed E-state index contributed by atoms with van der Waals surface area (Å²) >= 11 is 1.98. The van der Waals surface area contributed by atoms with Crippen molar-refractivity contribution < 1.29 is 9.53 Å². The van der Waals surface area contributed by atoms with E-state index in [1.54, 1.807) is 0 Å². The molecule has 1 N–H and O–H groups in total. The van der Waals surface area contributed by atoms with Crippen molar-refractivity contribution >= 4 is 17.7 Å². The van der Waals surface area contributed by atoms with Crippen molar-refractivity contribution in [1.82, 2.24) is 5.32 Å². The number of thioether (sulfide) groups is 1. The number of nitrogens with one attached hydrogen (secondary N) is 1. The van der Waals surface area contributed by atoms with Gasteiger partial charge in [0, 0.05) is 10.8 Å². The molecule has 3 nitrogen and oxygen atoms in total. The first-order valence-electron chi connectivity index (χ1n) is 7.69. The number of unbranched alkanes of at least 4 members (excludes halogenated alkanes) is 1. The number of ether oxygens (including phenoxy) is 1. The van der Waals surface area contributed by atoms with Crippen LogP contribution in [0, 0.1) is 0 Å². The lowest BCUT2D eigenvalue weighted by Crippen LogP contribution is -2.53. The predicted molar refractivity (Wildman–Crippen MR) is 89.4 cm³/mol. The highest BCUT2D eigenvalue weighted by Crippen LogP contribution is 2.25. The van der Waals surface area contributed by atoms with E-state index in [2.05, 4.69) is 39.9 Å². The Morgan fingerprint density at radius 3 is 2.25 bits per heavy atom. The zero-order valence-corrected chi connectivity index (χ0v) is 15.2. The van der Waals surface area contributed by atoms with Gasteiger partial charge in [-0.3, -0.25) is 10.1 Å². The molecule has 0 rings (SSSR count). The zero-order valence-electron chi connectivity index (χ0n) is 14.3. The van der Waals surface area contributed by atoms with Crippen LogP contribution in [0.15, 0.2) is 0 Å². The first kappa shape index (κ1) is 19.8. The highest BCUT2D eigenvalue weighted by atomic mass is 32.2. The minimum absolute atomic E-state index is 0.128. The normalized spacial score (nSPS) is 15.2. The van der Waals surface area contributed by atoms with Crippen LogP contribution in [0.3, 0.4) is 0 Å². The number of esters is 1. The number of rotatable bonds is 9. The fourth-order valence-electron chi connectivity index (χ4n) is 2.12. The summed E-state index contributed by atoms with van der Waals surface area (Å²) in [5, 5.41) is 3.37. The molecule has 1 atom stereocenters. The lowest BCUT2D eigenvalue weighted by molar-refractivity contribution is -0.151. The fraction of sp³-hybridized carbons (Fsp3) is 0.938. The van der Waals surface area contributed by atoms with Crippen LogP contribution in [0.5, 0.6) is 0 Å². The van der Waals surface area contributed by atoms with Crippen molar-refractivity contribution in [3.63, 3.8) is 0 Å². The molecule has 120 valence electrons. The van der Waals surface area contributed by atoms with Crippen LogP contribution in [0.25, 0.3) is 0 Å². The molecule has 0 amide bonds. The van der Waals surface area contributed by atoms with E-state index in [0.29, 0.717) is 11.4 Å². The minimum atomic E-state index is -0.559. The summed E-state index contributed by atoms with van der Waals surface area (Å²) in [7, 11) is 0. The van der Waals surface area contributed by atoms with E-state index in [-0.39, 0.29) is 12.0 Å². The first-order valence-corrected chi connectivity index (χ1v) is 8.68. The van der Waals surface area contributed by atoms with Crippen LogP contribution in [-0.4, -0.2) is 34.7 Å². The average Bonchev–Trinajstić information content (AvgIpc) is 2.26. The summed E-state index contributed by atoms with van der Waals surface area (Å²) in [5.41, 5.74) is -0.559. The molecule has 0 aliphatic heterocycles. The third-order valence-corrected chi connectivity index (χ3v) is 4.30. The molecule has 4 heteroatoms. The van der Waals surface area contributed by atoms with Gasteiger partial charge in [-0.2, -0.15) is 11.8 Å². The van der Waals surface area contributed by atoms with Gasteiger partial charge >= 0.3 is 5.97 Å². The van der Waals surface area contributed by atoms with E-state index in [4.69, 9.17) is 4.74 Å². The van der Waals surface area contributed by atoms with Gasteiger partial charge < -0.3 is 4.74 Å². The van der Waals surface area contributed by atoms with Crippen LogP contribution in [0.4, 0.5) is 0 Å². The summed E-state index contributed by atoms with van der Waals surface area (Å²) in [4.78, 5) is 12.1. The molecular formula is C16H33NO2S. The Labute approximate surface area is 129 Å². The molecule has 0 radical (unpaired) electrons. The van der Waals surface area contributed by atoms with E-state index in [1.165, 1.54) is 0 Å². The topological polar surface area (TPSA) is 38.3 Å². The van der Waals surface area contributed by atoms with E-state index in [1.807, 2.05) is 25.6 Å². The van der Waals surface area contributed by atoms with Crippen molar-refractivity contribution in [1.29, 1.82) is 0 Å². The van der Waals surface area contributed by atoms with Gasteiger partial charge in [-0.05, 0) is 46.3 Å². The molecular weight excluding hydrogens is 270 g/mol. The molecule has 1 unspecified atom stereocenters. The SMILES string of the molecule is CCOC(=O)C(C)(CCCCSC(C)(C)C)NC(C)C. The number of hydrogen-bond acceptors (Lipinski definition) is 4. The molecule has 0 aliphatic carbocycles. The second-order valence-electron chi connectivity index (χ2n) is 6.77. The monoisotopic (exact) mass is 303 g/mol. The molecule has 20 heavy (non-hydrogen) atoms. The summed E-state index contributed by atoms with van der Waals surface area (Å²) < 4.78 is 5.53. The molecule has 0 heterocycles. The third kappa shape index (κ3) is 8.85. The van der Waals surface area contributed by atoms with E-state index in [9.17, 15) is 4.79 Å². The highest BCUT2D eigenvalue weighted by molar-refractivity contribution is 8.00. The second-order valence-corrected chi connectivity index (χ2v) is 8.69. The Morgan fingerprint density at radius 2 is 1.80 bits per heavy atom. The standard InChI is InChI=1S/C16H33NO2S/c1-8-19-14(18)16(7,17-13(2)3)11-9-10-12-20-15(4,5)6/h13,17H,8-12H2,1-7H3. The van der Waals surface area contributed by atoms with Crippen LogP contribution in [0.1, 0.15) is 67.7 Å². The lowest BCUT2D eigenvalue weighted by Gasteiger charge is -2.30. The van der Waals surface area contributed by atoms with Gasteiger partial charge in [-0.15, -0.1) is 0 Å². The molecule has 0 saturated heterocycles. The van der Waals surface area contributed by atoms with Gasteiger partial charge in [-0.25, -0.2) is 0 Å². The molecule has 0 aromatic heterocycles. The quantitative estimate of drug-likeness (QED) is 0.516. The molecule has 0 bridgehead atoms. The van der Waals surface area contributed by atoms with E-state index < -0.39 is 5.54 Å². The summed E-state index contributed by atoms with van der Waals surface area (Å²) in [6.07, 6.45) is 3.00. The Kier molecular flexibility index (Phi) is 8.83. The minimum Gasteiger partial charge on any atom is -0.465 e. The van der Waals surface area contributed by atoms with Gasteiger partial charge in [0.15, 0.2) is 0 Å². The fourth-order valence-corrected chi connectivity index (χ4v) is 3.08. The maximum absolute atomic E-state index is 12.1. The molecule has 0 spiro atoms. The van der Waals surface area contributed by atoms with Crippen molar-refractivity contribution in [3.05, 3.63) is 0 Å². The number of hydrogen-bond donors (Lipinski definition) is 1. The van der Waals surface area contributed by atoms with Crippen molar-refractivity contribution in [2.75, 3.05) is 12.4 Å². The van der Waals surface area contributed by atoms with Crippen LogP contribution >= 0.6 is 11.8 Å². The van der Waals surface area contributed by atoms with Crippen molar-refractivity contribution in [2.24, 2.45) is 0 Å². The Balaban J connectivity index is 4.27. The zero-order chi connectivity index (χ0) is 15.8. The Bertz CT molecular complexity index is 287. The molecule has 0 aromatic carbocycles. The maximum atomic E-state index is 12.1. The van der Waals surface area contributed by atoms with E-state index >= 15 is 0 Å². The smallest absolute Gasteiger partial charge is 0.326 e. The predicted octanol–water partition coefficient (Wildman–Crippen LogP) is 4.01. The summed E-state index contributed by atoms with van der Waals surface area (Å²) in [6, 6.07) is 0.272. The van der Waals surface area contributed by atoms with Crippen molar-refractivity contribution in [2.45, 2.75) is 84.1 Å².